The van der Waals surface area contributed by atoms with E-state index in [1.807, 2.05) is 0 Å². The van der Waals surface area contributed by atoms with E-state index in [0.717, 1.165) is 12.1 Å². The number of aromatic hydroxyl groups is 2. The van der Waals surface area contributed by atoms with Gasteiger partial charge in [0.05, 0.1) is 10.9 Å². The van der Waals surface area contributed by atoms with Crippen LogP contribution in [0.3, 0.4) is 0 Å². The Morgan fingerprint density at radius 3 is 2.22 bits per heavy atom. The van der Waals surface area contributed by atoms with E-state index in [4.69, 9.17) is 0 Å². The summed E-state index contributed by atoms with van der Waals surface area (Å²) in [5, 5.41) is 39.7. The van der Waals surface area contributed by atoms with Gasteiger partial charge in [-0.05, 0) is 29.8 Å². The summed E-state index contributed by atoms with van der Waals surface area (Å²) in [6.45, 7) is 1.39. The first-order chi connectivity index (χ1) is 10.5. The fraction of sp³-hybridized carbons (Fsp3) is 0.200. The van der Waals surface area contributed by atoms with Crippen molar-refractivity contribution in [3.63, 3.8) is 0 Å². The summed E-state index contributed by atoms with van der Waals surface area (Å²) in [4.78, 5) is 18.8. The van der Waals surface area contributed by atoms with Crippen LogP contribution in [0.15, 0.2) is 42.5 Å². The number of benzene rings is 2. The first-order valence-corrected chi connectivity index (χ1v) is 8.28. The summed E-state index contributed by atoms with van der Waals surface area (Å²) >= 11 is 0. The molecular weight excluding hydrogens is 323 g/mol. The maximum absolute atomic E-state index is 11.6. The molecule has 0 radical (unpaired) electrons. The van der Waals surface area contributed by atoms with Gasteiger partial charge in [-0.15, -0.1) is 0 Å². The molecule has 23 heavy (non-hydrogen) atoms. The van der Waals surface area contributed by atoms with Crippen molar-refractivity contribution in [2.75, 3.05) is 0 Å². The lowest BCUT2D eigenvalue weighted by molar-refractivity contribution is -0.185. The van der Waals surface area contributed by atoms with Crippen LogP contribution in [0, 0.1) is 0 Å². The van der Waals surface area contributed by atoms with Crippen LogP contribution in [0.2, 0.25) is 0 Å². The van der Waals surface area contributed by atoms with Gasteiger partial charge in [-0.1, -0.05) is 25.1 Å². The Morgan fingerprint density at radius 2 is 1.65 bits per heavy atom. The van der Waals surface area contributed by atoms with E-state index in [0.29, 0.717) is 5.56 Å². The summed E-state index contributed by atoms with van der Waals surface area (Å²) in [5.74, 6) is -4.61. The highest BCUT2D eigenvalue weighted by Crippen LogP contribution is 2.44. The lowest BCUT2D eigenvalue weighted by Gasteiger charge is -2.31. The highest BCUT2D eigenvalue weighted by atomic mass is 31.2. The van der Waals surface area contributed by atoms with E-state index < -0.39 is 35.9 Å². The van der Waals surface area contributed by atoms with E-state index in [1.54, 1.807) is 0 Å². The van der Waals surface area contributed by atoms with Crippen LogP contribution in [-0.4, -0.2) is 30.2 Å². The Bertz CT molecular complexity index is 766. The van der Waals surface area contributed by atoms with Crippen LogP contribution in [-0.2, 0) is 10.4 Å². The van der Waals surface area contributed by atoms with E-state index in [2.05, 4.69) is 0 Å². The molecule has 0 heterocycles. The molecule has 8 heteroatoms. The zero-order chi connectivity index (χ0) is 17.4. The van der Waals surface area contributed by atoms with Gasteiger partial charge in [-0.25, -0.2) is 0 Å². The molecule has 7 nitrogen and oxygen atoms in total. The van der Waals surface area contributed by atoms with Gasteiger partial charge >= 0.3 is 7.60 Å². The molecular formula is C15H17O7P. The average molecular weight is 340 g/mol. The lowest BCUT2D eigenvalue weighted by atomic mass is 9.87. The number of aliphatic hydroxyl groups is 2. The molecule has 1 atom stereocenters. The van der Waals surface area contributed by atoms with Crippen LogP contribution < -0.4 is 5.30 Å². The molecule has 0 aliphatic heterocycles. The zero-order valence-electron chi connectivity index (χ0n) is 12.2. The standard InChI is InChI=1S/C15H17O7P/c1-9(10-4-2-5-11(16)8-10)15(18,19)14-12(17)6-3-7-13(14)23(20,21)22/h2-9,16-19H,1H3,(H2,20,21,22). The smallest absolute Gasteiger partial charge is 0.356 e. The van der Waals surface area contributed by atoms with Gasteiger partial charge in [-0.2, -0.15) is 0 Å². The molecule has 0 amide bonds. The molecule has 1 unspecified atom stereocenters. The maximum atomic E-state index is 11.6. The summed E-state index contributed by atoms with van der Waals surface area (Å²) in [6, 6.07) is 9.02. The molecule has 2 aromatic rings. The second-order valence-corrected chi connectivity index (χ2v) is 6.83. The Hall–Kier alpha value is -1.89. The minimum Gasteiger partial charge on any atom is -0.508 e. The van der Waals surface area contributed by atoms with Crippen molar-refractivity contribution in [3.8, 4) is 11.5 Å². The Morgan fingerprint density at radius 1 is 1.04 bits per heavy atom. The third-order valence-electron chi connectivity index (χ3n) is 3.68. The van der Waals surface area contributed by atoms with Crippen molar-refractivity contribution in [1.29, 1.82) is 0 Å². The fourth-order valence-corrected chi connectivity index (χ4v) is 3.24. The minimum atomic E-state index is -4.85. The van der Waals surface area contributed by atoms with Crippen molar-refractivity contribution in [2.45, 2.75) is 18.6 Å². The normalized spacial score (nSPS) is 13.8. The number of phenolic OH excluding ortho intramolecular Hbond substituents is 2. The highest BCUT2D eigenvalue weighted by molar-refractivity contribution is 7.60. The van der Waals surface area contributed by atoms with Gasteiger partial charge in [0.25, 0.3) is 0 Å². The van der Waals surface area contributed by atoms with Crippen molar-refractivity contribution in [2.24, 2.45) is 0 Å². The third-order valence-corrected chi connectivity index (χ3v) is 4.68. The average Bonchev–Trinajstić information content (AvgIpc) is 2.45. The van der Waals surface area contributed by atoms with Gasteiger partial charge in [0.1, 0.15) is 11.5 Å². The van der Waals surface area contributed by atoms with Gasteiger partial charge < -0.3 is 30.2 Å². The Labute approximate surface area is 132 Å². The second kappa shape index (κ2) is 5.96. The summed E-state index contributed by atoms with van der Waals surface area (Å²) < 4.78 is 11.6. The summed E-state index contributed by atoms with van der Waals surface area (Å²) in [5.41, 5.74) is -0.348. The van der Waals surface area contributed by atoms with Crippen molar-refractivity contribution >= 4 is 12.9 Å². The van der Waals surface area contributed by atoms with Gasteiger partial charge in [-0.3, -0.25) is 4.57 Å². The summed E-state index contributed by atoms with van der Waals surface area (Å²) in [7, 11) is -4.85. The topological polar surface area (TPSA) is 138 Å². The molecule has 6 N–H and O–H groups in total. The lowest BCUT2D eigenvalue weighted by Crippen LogP contribution is -2.36. The monoisotopic (exact) mass is 340 g/mol. The van der Waals surface area contributed by atoms with Crippen LogP contribution in [0.4, 0.5) is 0 Å². The van der Waals surface area contributed by atoms with Crippen LogP contribution in [0.1, 0.15) is 24.0 Å². The predicted molar refractivity (Wildman–Crippen MR) is 82.4 cm³/mol. The maximum Gasteiger partial charge on any atom is 0.356 e. The van der Waals surface area contributed by atoms with Gasteiger partial charge in [0, 0.05) is 5.92 Å². The molecule has 2 rings (SSSR count). The molecule has 0 spiro atoms. The SMILES string of the molecule is CC(c1cccc(O)c1)C(O)(O)c1c(O)cccc1P(=O)(O)O. The van der Waals surface area contributed by atoms with Crippen molar-refractivity contribution < 1.29 is 34.8 Å². The second-order valence-electron chi connectivity index (χ2n) is 5.26. The molecule has 0 aromatic heterocycles. The van der Waals surface area contributed by atoms with E-state index >= 15 is 0 Å². The molecule has 124 valence electrons. The quantitative estimate of drug-likeness (QED) is 0.358. The predicted octanol–water partition coefficient (Wildman–Crippen LogP) is 0.842. The Balaban J connectivity index is 2.62. The van der Waals surface area contributed by atoms with Gasteiger partial charge in [0.15, 0.2) is 0 Å². The van der Waals surface area contributed by atoms with Crippen LogP contribution in [0.5, 0.6) is 11.5 Å². The van der Waals surface area contributed by atoms with Crippen molar-refractivity contribution in [1.82, 2.24) is 0 Å². The van der Waals surface area contributed by atoms with E-state index in [1.165, 1.54) is 37.3 Å². The first-order valence-electron chi connectivity index (χ1n) is 6.67. The van der Waals surface area contributed by atoms with Crippen LogP contribution in [0.25, 0.3) is 0 Å². The van der Waals surface area contributed by atoms with E-state index in [9.17, 15) is 34.8 Å². The Kier molecular flexibility index (Phi) is 4.52. The fourth-order valence-electron chi connectivity index (χ4n) is 2.39. The molecule has 0 aliphatic rings. The van der Waals surface area contributed by atoms with E-state index in [-0.39, 0.29) is 5.75 Å². The van der Waals surface area contributed by atoms with Gasteiger partial charge in [0.2, 0.25) is 5.79 Å². The number of phenols is 2. The molecule has 0 saturated carbocycles. The largest absolute Gasteiger partial charge is 0.508 e. The zero-order valence-corrected chi connectivity index (χ0v) is 13.1. The van der Waals surface area contributed by atoms with Crippen LogP contribution >= 0.6 is 7.60 Å². The number of hydrogen-bond acceptors (Lipinski definition) is 5. The first kappa shape index (κ1) is 17.5. The molecule has 0 aliphatic carbocycles. The minimum absolute atomic E-state index is 0.0994. The third kappa shape index (κ3) is 3.39. The van der Waals surface area contributed by atoms with Crippen molar-refractivity contribution in [3.05, 3.63) is 53.6 Å². The molecule has 0 fully saturated rings. The molecule has 0 saturated heterocycles. The molecule has 0 bridgehead atoms. The number of hydrogen-bond donors (Lipinski definition) is 6. The molecule has 2 aromatic carbocycles. The highest BCUT2D eigenvalue weighted by Gasteiger charge is 2.42. The number of rotatable bonds is 4. The summed E-state index contributed by atoms with van der Waals surface area (Å²) in [6.07, 6.45) is 0.